The Bertz CT molecular complexity index is 506. The van der Waals surface area contributed by atoms with Gasteiger partial charge in [0.15, 0.2) is 0 Å². The number of allylic oxidation sites excluding steroid dienone is 1. The van der Waals surface area contributed by atoms with E-state index < -0.39 is 12.0 Å². The van der Waals surface area contributed by atoms with E-state index >= 15 is 0 Å². The normalized spacial score (nSPS) is 13.6. The van der Waals surface area contributed by atoms with Crippen molar-refractivity contribution in [3.63, 3.8) is 0 Å². The number of hydrogen-bond donors (Lipinski definition) is 3. The van der Waals surface area contributed by atoms with Gasteiger partial charge < -0.3 is 19.7 Å². The van der Waals surface area contributed by atoms with Gasteiger partial charge in [0.2, 0.25) is 17.7 Å². The van der Waals surface area contributed by atoms with E-state index in [0.717, 1.165) is 5.70 Å². The van der Waals surface area contributed by atoms with E-state index in [0.29, 0.717) is 25.9 Å². The van der Waals surface area contributed by atoms with E-state index in [9.17, 15) is 19.2 Å². The Morgan fingerprint density at radius 1 is 1.12 bits per heavy atom. The predicted molar refractivity (Wildman–Crippen MR) is 86.8 cm³/mol. The molecule has 1 heterocycles. The highest BCUT2D eigenvalue weighted by Gasteiger charge is 2.24. The van der Waals surface area contributed by atoms with Crippen LogP contribution >= 0.6 is 0 Å². The Labute approximate surface area is 145 Å². The second-order valence-electron chi connectivity index (χ2n) is 5.24. The average molecular weight is 356 g/mol. The Hall–Kier alpha value is -2.62. The molecule has 0 bridgehead atoms. The van der Waals surface area contributed by atoms with Gasteiger partial charge in [-0.05, 0) is 6.42 Å². The lowest BCUT2D eigenvalue weighted by atomic mass is 10.3. The van der Waals surface area contributed by atoms with Crippen molar-refractivity contribution in [3.8, 4) is 0 Å². The molecule has 0 aromatic carbocycles. The van der Waals surface area contributed by atoms with E-state index in [2.05, 4.69) is 22.1 Å². The fourth-order valence-electron chi connectivity index (χ4n) is 2.05. The standard InChI is InChI=1S/C15H24N4O6/c1-11-3-4-14(22)19(11)8-5-12(20)16-7-10-25-9-6-13(21)17-18-15(23)24-2/h1,3-10H2,2H3,(H,16,20)(H,17,21)(H,18,23). The zero-order valence-corrected chi connectivity index (χ0v) is 14.3. The number of amides is 4. The van der Waals surface area contributed by atoms with Crippen molar-refractivity contribution in [2.45, 2.75) is 25.7 Å². The Morgan fingerprint density at radius 2 is 1.88 bits per heavy atom. The number of likely N-dealkylation sites (tertiary alicyclic amines) is 1. The van der Waals surface area contributed by atoms with Crippen LogP contribution in [0.15, 0.2) is 12.3 Å². The van der Waals surface area contributed by atoms with Crippen molar-refractivity contribution >= 4 is 23.8 Å². The summed E-state index contributed by atoms with van der Waals surface area (Å²) in [6.45, 7) is 4.82. The number of nitrogens with zero attached hydrogens (tertiary/aromatic N) is 1. The molecule has 0 spiro atoms. The molecule has 140 valence electrons. The molecule has 25 heavy (non-hydrogen) atoms. The molecule has 10 nitrogen and oxygen atoms in total. The number of ether oxygens (including phenoxy) is 2. The van der Waals surface area contributed by atoms with Crippen molar-refractivity contribution in [1.29, 1.82) is 0 Å². The van der Waals surface area contributed by atoms with Crippen LogP contribution in [0.3, 0.4) is 0 Å². The fourth-order valence-corrected chi connectivity index (χ4v) is 2.05. The minimum atomic E-state index is -0.767. The van der Waals surface area contributed by atoms with Gasteiger partial charge in [0.25, 0.3) is 0 Å². The lowest BCUT2D eigenvalue weighted by molar-refractivity contribution is -0.128. The first-order valence-electron chi connectivity index (χ1n) is 7.89. The van der Waals surface area contributed by atoms with Crippen LogP contribution in [0.4, 0.5) is 4.79 Å². The van der Waals surface area contributed by atoms with Crippen LogP contribution in [0, 0.1) is 0 Å². The quantitative estimate of drug-likeness (QED) is 0.375. The molecule has 0 saturated carbocycles. The molecule has 0 aromatic rings. The van der Waals surface area contributed by atoms with Crippen molar-refractivity contribution in [1.82, 2.24) is 21.1 Å². The first-order valence-corrected chi connectivity index (χ1v) is 7.89. The monoisotopic (exact) mass is 356 g/mol. The number of methoxy groups -OCH3 is 1. The lowest BCUT2D eigenvalue weighted by Crippen LogP contribution is -2.41. The number of nitrogens with one attached hydrogen (secondary N) is 3. The van der Waals surface area contributed by atoms with Crippen LogP contribution in [-0.4, -0.2) is 62.1 Å². The molecular formula is C15H24N4O6. The van der Waals surface area contributed by atoms with Gasteiger partial charge in [-0.1, -0.05) is 6.58 Å². The maximum atomic E-state index is 11.7. The van der Waals surface area contributed by atoms with Crippen LogP contribution in [0.25, 0.3) is 0 Å². The molecule has 4 amide bonds. The molecule has 1 aliphatic heterocycles. The van der Waals surface area contributed by atoms with Gasteiger partial charge >= 0.3 is 6.09 Å². The average Bonchev–Trinajstić information content (AvgIpc) is 2.91. The van der Waals surface area contributed by atoms with Crippen LogP contribution in [0.2, 0.25) is 0 Å². The SMILES string of the molecule is C=C1CCC(=O)N1CCC(=O)NCCOCCC(=O)NNC(=O)OC. The molecule has 0 aliphatic carbocycles. The molecule has 0 unspecified atom stereocenters. The van der Waals surface area contributed by atoms with Crippen molar-refractivity contribution in [3.05, 3.63) is 12.3 Å². The highest BCUT2D eigenvalue weighted by atomic mass is 16.5. The number of hydrazine groups is 1. The highest BCUT2D eigenvalue weighted by molar-refractivity contribution is 5.82. The third kappa shape index (κ3) is 8.15. The van der Waals surface area contributed by atoms with Crippen molar-refractivity contribution in [2.75, 3.05) is 33.4 Å². The smallest absolute Gasteiger partial charge is 0.425 e. The minimum Gasteiger partial charge on any atom is -0.452 e. The largest absolute Gasteiger partial charge is 0.452 e. The maximum absolute atomic E-state index is 11.7. The Balaban J connectivity index is 1.99. The Kier molecular flexibility index (Phi) is 9.01. The molecule has 1 saturated heterocycles. The first-order chi connectivity index (χ1) is 11.9. The summed E-state index contributed by atoms with van der Waals surface area (Å²) in [6, 6.07) is 0. The summed E-state index contributed by atoms with van der Waals surface area (Å²) < 4.78 is 9.48. The number of carbonyl (C=O) groups is 4. The molecule has 3 N–H and O–H groups in total. The van der Waals surface area contributed by atoms with E-state index in [4.69, 9.17) is 4.74 Å². The summed E-state index contributed by atoms with van der Waals surface area (Å²) in [6.07, 6.45) is 0.591. The number of hydrogen-bond acceptors (Lipinski definition) is 6. The predicted octanol–water partition coefficient (Wildman–Crippen LogP) is -0.577. The maximum Gasteiger partial charge on any atom is 0.425 e. The summed E-state index contributed by atoms with van der Waals surface area (Å²) in [7, 11) is 1.18. The summed E-state index contributed by atoms with van der Waals surface area (Å²) in [5, 5.41) is 2.67. The molecule has 1 aliphatic rings. The molecule has 1 fully saturated rings. The van der Waals surface area contributed by atoms with Crippen molar-refractivity contribution in [2.24, 2.45) is 0 Å². The van der Waals surface area contributed by atoms with Gasteiger partial charge in [-0.3, -0.25) is 19.8 Å². The van der Waals surface area contributed by atoms with Gasteiger partial charge in [0.05, 0.1) is 26.7 Å². The Morgan fingerprint density at radius 3 is 2.52 bits per heavy atom. The second kappa shape index (κ2) is 11.0. The molecule has 0 aromatic heterocycles. The molecule has 10 heteroatoms. The van der Waals surface area contributed by atoms with Crippen LogP contribution < -0.4 is 16.2 Å². The topological polar surface area (TPSA) is 126 Å². The second-order valence-corrected chi connectivity index (χ2v) is 5.24. The summed E-state index contributed by atoms with van der Waals surface area (Å²) in [5.41, 5.74) is 4.93. The fraction of sp³-hybridized carbons (Fsp3) is 0.600. The summed E-state index contributed by atoms with van der Waals surface area (Å²) in [4.78, 5) is 46.8. The van der Waals surface area contributed by atoms with Crippen molar-refractivity contribution < 1.29 is 28.7 Å². The number of carbonyl (C=O) groups excluding carboxylic acids is 4. The van der Waals surface area contributed by atoms with Gasteiger partial charge in [0.1, 0.15) is 0 Å². The minimum absolute atomic E-state index is 0.00102. The van der Waals surface area contributed by atoms with Crippen LogP contribution in [0.5, 0.6) is 0 Å². The summed E-state index contributed by atoms with van der Waals surface area (Å²) >= 11 is 0. The molecular weight excluding hydrogens is 332 g/mol. The lowest BCUT2D eigenvalue weighted by Gasteiger charge is -2.16. The van der Waals surface area contributed by atoms with Gasteiger partial charge in [-0.15, -0.1) is 0 Å². The highest BCUT2D eigenvalue weighted by Crippen LogP contribution is 2.20. The summed E-state index contributed by atoms with van der Waals surface area (Å²) in [5.74, 6) is -0.609. The zero-order chi connectivity index (χ0) is 18.7. The molecule has 1 rings (SSSR count). The molecule has 0 radical (unpaired) electrons. The van der Waals surface area contributed by atoms with E-state index in [1.54, 1.807) is 0 Å². The van der Waals surface area contributed by atoms with E-state index in [1.807, 2.05) is 5.43 Å². The van der Waals surface area contributed by atoms with Gasteiger partial charge in [0, 0.05) is 31.6 Å². The van der Waals surface area contributed by atoms with E-state index in [1.165, 1.54) is 12.0 Å². The molecule has 0 atom stereocenters. The first kappa shape index (κ1) is 20.4. The third-order valence-corrected chi connectivity index (χ3v) is 3.40. The van der Waals surface area contributed by atoms with Crippen LogP contribution in [-0.2, 0) is 23.9 Å². The van der Waals surface area contributed by atoms with E-state index in [-0.39, 0.29) is 37.9 Å². The van der Waals surface area contributed by atoms with Gasteiger partial charge in [-0.2, -0.15) is 0 Å². The van der Waals surface area contributed by atoms with Gasteiger partial charge in [-0.25, -0.2) is 10.2 Å². The third-order valence-electron chi connectivity index (χ3n) is 3.40. The van der Waals surface area contributed by atoms with Crippen LogP contribution in [0.1, 0.15) is 25.7 Å². The number of rotatable bonds is 9. The zero-order valence-electron chi connectivity index (χ0n) is 14.3.